The molecule has 2 nitrogen and oxygen atoms in total. The van der Waals surface area contributed by atoms with E-state index in [1.165, 1.54) is 115 Å². The number of unbranched alkanes of at least 4 members (excludes halogenated alkanes) is 17. The van der Waals surface area contributed by atoms with Crippen LogP contribution in [-0.4, -0.2) is 13.1 Å². The summed E-state index contributed by atoms with van der Waals surface area (Å²) < 4.78 is 0. The monoisotopic (exact) mass is 417 g/mol. The number of rotatable bonds is 22. The molecule has 0 radical (unpaired) electrons. The molecule has 2 heteroatoms. The maximum absolute atomic E-state index is 12.0. The number of benzene rings is 1. The van der Waals surface area contributed by atoms with Crippen molar-refractivity contribution in [2.24, 2.45) is 0 Å². The molecule has 30 heavy (non-hydrogen) atoms. The smallest absolute Gasteiger partial charge is 0.0809 e. The van der Waals surface area contributed by atoms with E-state index in [1.807, 2.05) is 6.07 Å². The third kappa shape index (κ3) is 18.0. The first-order chi connectivity index (χ1) is 14.8. The van der Waals surface area contributed by atoms with Gasteiger partial charge in [-0.25, -0.2) is 0 Å². The zero-order valence-electron chi connectivity index (χ0n) is 20.1. The molecule has 0 bridgehead atoms. The quantitative estimate of drug-likeness (QED) is 0.152. The predicted molar refractivity (Wildman–Crippen MR) is 133 cm³/mol. The van der Waals surface area contributed by atoms with Gasteiger partial charge in [0.2, 0.25) is 0 Å². The molecule has 0 amide bonds. The topological polar surface area (TPSA) is 27.5 Å². The van der Waals surface area contributed by atoms with Gasteiger partial charge in [0.1, 0.15) is 0 Å². The van der Waals surface area contributed by atoms with Gasteiger partial charge < -0.3 is 10.3 Å². The van der Waals surface area contributed by atoms with Gasteiger partial charge in [0.15, 0.2) is 0 Å². The van der Waals surface area contributed by atoms with Crippen LogP contribution < -0.4 is 5.06 Å². The molecule has 0 spiro atoms. The first kappa shape index (κ1) is 27.2. The first-order valence-electron chi connectivity index (χ1n) is 13.4. The SMILES string of the molecule is CCCCCCCCCCCCCCCCCCCC[NH+]([O-])CCc1ccccc1. The molecule has 0 heterocycles. The second-order valence-corrected chi connectivity index (χ2v) is 9.28. The van der Waals surface area contributed by atoms with E-state index < -0.39 is 0 Å². The van der Waals surface area contributed by atoms with Crippen molar-refractivity contribution in [2.45, 2.75) is 129 Å². The van der Waals surface area contributed by atoms with Crippen LogP contribution in [0.3, 0.4) is 0 Å². The zero-order chi connectivity index (χ0) is 21.5. The normalized spacial score (nSPS) is 12.3. The Balaban J connectivity index is 1.72. The molecular weight excluding hydrogens is 366 g/mol. The van der Waals surface area contributed by atoms with Crippen LogP contribution in [0.1, 0.15) is 128 Å². The lowest BCUT2D eigenvalue weighted by Gasteiger charge is -2.22. The highest BCUT2D eigenvalue weighted by Crippen LogP contribution is 2.14. The zero-order valence-corrected chi connectivity index (χ0v) is 20.1. The third-order valence-corrected chi connectivity index (χ3v) is 6.34. The summed E-state index contributed by atoms with van der Waals surface area (Å²) in [5.41, 5.74) is 1.28. The van der Waals surface area contributed by atoms with Crippen molar-refractivity contribution >= 4 is 0 Å². The summed E-state index contributed by atoms with van der Waals surface area (Å²) in [4.78, 5) is 0. The predicted octanol–water partition coefficient (Wildman–Crippen LogP) is 7.65. The average molecular weight is 418 g/mol. The van der Waals surface area contributed by atoms with Crippen LogP contribution in [0.25, 0.3) is 0 Å². The van der Waals surface area contributed by atoms with Crippen molar-refractivity contribution in [1.29, 1.82) is 0 Å². The summed E-state index contributed by atoms with van der Waals surface area (Å²) in [6, 6.07) is 10.4. The van der Waals surface area contributed by atoms with Crippen molar-refractivity contribution in [1.82, 2.24) is 0 Å². The largest absolute Gasteiger partial charge is 0.634 e. The number of nitrogens with one attached hydrogen (secondary N) is 1. The molecule has 0 aromatic heterocycles. The highest BCUT2D eigenvalue weighted by Gasteiger charge is 2.00. The Morgan fingerprint density at radius 2 is 0.933 bits per heavy atom. The molecule has 0 aliphatic heterocycles. The standard InChI is InChI=1S/C28H51NO/c1-2-3-4-5-6-7-8-9-10-11-12-13-14-15-16-17-18-22-26-29(30)27-25-28-23-20-19-21-24-28/h19-21,23-24,29H,2-18,22,25-27H2,1H3. The molecule has 0 aliphatic rings. The second-order valence-electron chi connectivity index (χ2n) is 9.28. The van der Waals surface area contributed by atoms with Gasteiger partial charge in [-0.3, -0.25) is 0 Å². The molecule has 1 aromatic carbocycles. The van der Waals surface area contributed by atoms with E-state index in [2.05, 4.69) is 31.2 Å². The Morgan fingerprint density at radius 1 is 0.533 bits per heavy atom. The van der Waals surface area contributed by atoms with E-state index in [0.717, 1.165) is 19.4 Å². The van der Waals surface area contributed by atoms with Gasteiger partial charge in [-0.05, 0) is 18.4 Å². The van der Waals surface area contributed by atoms with E-state index in [0.29, 0.717) is 11.6 Å². The molecule has 1 N–H and O–H groups in total. The van der Waals surface area contributed by atoms with Gasteiger partial charge in [-0.2, -0.15) is 0 Å². The van der Waals surface area contributed by atoms with E-state index in [1.54, 1.807) is 0 Å². The molecule has 0 fully saturated rings. The van der Waals surface area contributed by atoms with Crippen molar-refractivity contribution in [3.63, 3.8) is 0 Å². The first-order valence-corrected chi connectivity index (χ1v) is 13.4. The van der Waals surface area contributed by atoms with Gasteiger partial charge in [0.25, 0.3) is 0 Å². The van der Waals surface area contributed by atoms with Gasteiger partial charge in [0, 0.05) is 6.42 Å². The van der Waals surface area contributed by atoms with Gasteiger partial charge in [-0.1, -0.05) is 140 Å². The maximum atomic E-state index is 12.0. The average Bonchev–Trinajstić information content (AvgIpc) is 2.77. The minimum atomic E-state index is 0.440. The Kier molecular flexibility index (Phi) is 19.4. The third-order valence-electron chi connectivity index (χ3n) is 6.34. The van der Waals surface area contributed by atoms with Crippen LogP contribution in [0.5, 0.6) is 0 Å². The van der Waals surface area contributed by atoms with Gasteiger partial charge in [0.05, 0.1) is 13.1 Å². The molecule has 1 rings (SSSR count). The molecule has 1 aromatic rings. The van der Waals surface area contributed by atoms with Crippen LogP contribution in [0.4, 0.5) is 0 Å². The maximum Gasteiger partial charge on any atom is 0.0809 e. The lowest BCUT2D eigenvalue weighted by atomic mass is 10.0. The number of quaternary nitrogens is 1. The van der Waals surface area contributed by atoms with Crippen molar-refractivity contribution in [3.8, 4) is 0 Å². The summed E-state index contributed by atoms with van der Waals surface area (Å²) in [6.07, 6.45) is 26.0. The van der Waals surface area contributed by atoms with E-state index in [4.69, 9.17) is 0 Å². The molecule has 0 saturated heterocycles. The number of hydrogen-bond donors (Lipinski definition) is 1. The van der Waals surface area contributed by atoms with E-state index in [-0.39, 0.29) is 0 Å². The molecule has 0 saturated carbocycles. The summed E-state index contributed by atoms with van der Waals surface area (Å²) >= 11 is 0. The number of hydroxylamine groups is 2. The van der Waals surface area contributed by atoms with Crippen LogP contribution in [0.15, 0.2) is 30.3 Å². The molecule has 0 aliphatic carbocycles. The molecular formula is C28H51NO. The Labute approximate surface area is 188 Å². The van der Waals surface area contributed by atoms with Gasteiger partial charge >= 0.3 is 0 Å². The van der Waals surface area contributed by atoms with E-state index >= 15 is 0 Å². The number of hydrogen-bond acceptors (Lipinski definition) is 1. The Morgan fingerprint density at radius 3 is 1.37 bits per heavy atom. The van der Waals surface area contributed by atoms with Gasteiger partial charge in [-0.15, -0.1) is 0 Å². The van der Waals surface area contributed by atoms with Crippen molar-refractivity contribution in [2.75, 3.05) is 13.1 Å². The van der Waals surface area contributed by atoms with Crippen molar-refractivity contribution < 1.29 is 5.06 Å². The van der Waals surface area contributed by atoms with Crippen LogP contribution in [0, 0.1) is 5.21 Å². The van der Waals surface area contributed by atoms with Crippen LogP contribution in [0.2, 0.25) is 0 Å². The van der Waals surface area contributed by atoms with Crippen molar-refractivity contribution in [3.05, 3.63) is 41.1 Å². The fourth-order valence-electron chi connectivity index (χ4n) is 4.28. The lowest BCUT2D eigenvalue weighted by molar-refractivity contribution is -0.848. The summed E-state index contributed by atoms with van der Waals surface area (Å²) in [6.45, 7) is 3.79. The van der Waals surface area contributed by atoms with Crippen LogP contribution >= 0.6 is 0 Å². The summed E-state index contributed by atoms with van der Waals surface area (Å²) in [5.74, 6) is 0. The summed E-state index contributed by atoms with van der Waals surface area (Å²) in [5, 5.41) is 12.4. The second kappa shape index (κ2) is 21.4. The highest BCUT2D eigenvalue weighted by atomic mass is 16.5. The minimum Gasteiger partial charge on any atom is -0.634 e. The summed E-state index contributed by atoms with van der Waals surface area (Å²) in [7, 11) is 0. The lowest BCUT2D eigenvalue weighted by Crippen LogP contribution is -3.07. The highest BCUT2D eigenvalue weighted by molar-refractivity contribution is 5.14. The van der Waals surface area contributed by atoms with Crippen LogP contribution in [-0.2, 0) is 6.42 Å². The minimum absolute atomic E-state index is 0.440. The molecule has 1 unspecified atom stereocenters. The van der Waals surface area contributed by atoms with E-state index in [9.17, 15) is 5.21 Å². The fraction of sp³-hybridized carbons (Fsp3) is 0.786. The fourth-order valence-corrected chi connectivity index (χ4v) is 4.28. The molecule has 1 atom stereocenters. The molecule has 174 valence electrons. The Bertz CT molecular complexity index is 447. The Hall–Kier alpha value is -0.860.